The van der Waals surface area contributed by atoms with Crippen LogP contribution in [0.5, 0.6) is 5.75 Å². The molecule has 20 heavy (non-hydrogen) atoms. The minimum absolute atomic E-state index is 0.237. The molecule has 2 aromatic rings. The summed E-state index contributed by atoms with van der Waals surface area (Å²) >= 11 is 0. The number of anilines is 1. The van der Waals surface area contributed by atoms with Crippen molar-refractivity contribution >= 4 is 11.7 Å². The van der Waals surface area contributed by atoms with Crippen molar-refractivity contribution < 1.29 is 23.1 Å². The van der Waals surface area contributed by atoms with Gasteiger partial charge < -0.3 is 19.2 Å². The van der Waals surface area contributed by atoms with Gasteiger partial charge in [-0.2, -0.15) is 0 Å². The molecule has 0 atom stereocenters. The largest absolute Gasteiger partial charge is 0.497 e. The molecule has 0 aliphatic heterocycles. The van der Waals surface area contributed by atoms with Gasteiger partial charge in [-0.1, -0.05) is 0 Å². The summed E-state index contributed by atoms with van der Waals surface area (Å²) in [5.41, 5.74) is 0.607. The highest BCUT2D eigenvalue weighted by atomic mass is 19.1. The van der Waals surface area contributed by atoms with Gasteiger partial charge in [0.2, 0.25) is 0 Å². The Bertz CT molecular complexity index is 609. The van der Waals surface area contributed by atoms with Crippen molar-refractivity contribution in [1.29, 1.82) is 0 Å². The number of ether oxygens (including phenoxy) is 2. The third kappa shape index (κ3) is 3.09. The number of furan rings is 1. The molecule has 6 heteroatoms. The average Bonchev–Trinajstić information content (AvgIpc) is 2.94. The summed E-state index contributed by atoms with van der Waals surface area (Å²) in [7, 11) is 2.80. The molecule has 0 spiro atoms. The molecule has 0 saturated heterocycles. The summed E-state index contributed by atoms with van der Waals surface area (Å²) in [6.07, 6.45) is 1.30. The molecule has 0 unspecified atom stereocenters. The van der Waals surface area contributed by atoms with Gasteiger partial charge in [0.1, 0.15) is 23.6 Å². The van der Waals surface area contributed by atoms with Gasteiger partial charge in [-0.05, 0) is 18.2 Å². The van der Waals surface area contributed by atoms with Crippen molar-refractivity contribution in [3.63, 3.8) is 0 Å². The SMILES string of the molecule is COC(=O)c1coc(CNc2cc(OC)ccc2F)c1. The van der Waals surface area contributed by atoms with E-state index in [0.29, 0.717) is 22.8 Å². The van der Waals surface area contributed by atoms with E-state index in [1.54, 1.807) is 6.07 Å². The van der Waals surface area contributed by atoms with Crippen LogP contribution in [0.3, 0.4) is 0 Å². The highest BCUT2D eigenvalue weighted by molar-refractivity contribution is 5.88. The summed E-state index contributed by atoms with van der Waals surface area (Å²) in [5, 5.41) is 2.87. The maximum absolute atomic E-state index is 13.6. The lowest BCUT2D eigenvalue weighted by Gasteiger charge is -2.07. The van der Waals surface area contributed by atoms with E-state index in [4.69, 9.17) is 9.15 Å². The molecule has 1 aromatic heterocycles. The number of carbonyl (C=O) groups excluding carboxylic acids is 1. The third-order valence-corrected chi connectivity index (χ3v) is 2.70. The number of methoxy groups -OCH3 is 2. The van der Waals surface area contributed by atoms with Crippen molar-refractivity contribution in [2.45, 2.75) is 6.54 Å². The van der Waals surface area contributed by atoms with Crippen LogP contribution in [0.25, 0.3) is 0 Å². The number of carbonyl (C=O) groups is 1. The maximum atomic E-state index is 13.6. The van der Waals surface area contributed by atoms with E-state index < -0.39 is 11.8 Å². The molecular weight excluding hydrogens is 265 g/mol. The number of halogens is 1. The lowest BCUT2D eigenvalue weighted by molar-refractivity contribution is 0.0600. The minimum atomic E-state index is -0.479. The van der Waals surface area contributed by atoms with Gasteiger partial charge in [0.05, 0.1) is 32.0 Å². The molecule has 2 rings (SSSR count). The van der Waals surface area contributed by atoms with E-state index in [9.17, 15) is 9.18 Å². The standard InChI is InChI=1S/C14H14FNO4/c1-18-10-3-4-12(15)13(6-10)16-7-11-5-9(8-20-11)14(17)19-2/h3-6,8,16H,7H2,1-2H3. The number of esters is 1. The molecule has 1 N–H and O–H groups in total. The van der Waals surface area contributed by atoms with E-state index in [-0.39, 0.29) is 6.54 Å². The van der Waals surface area contributed by atoms with Gasteiger partial charge in [-0.25, -0.2) is 9.18 Å². The third-order valence-electron chi connectivity index (χ3n) is 2.70. The van der Waals surface area contributed by atoms with Gasteiger partial charge in [0, 0.05) is 6.07 Å². The summed E-state index contributed by atoms with van der Waals surface area (Å²) < 4.78 is 28.3. The Balaban J connectivity index is 2.05. The zero-order valence-corrected chi connectivity index (χ0v) is 11.1. The van der Waals surface area contributed by atoms with Crippen LogP contribution in [0, 0.1) is 5.82 Å². The molecule has 0 fully saturated rings. The van der Waals surface area contributed by atoms with Crippen molar-refractivity contribution in [2.75, 3.05) is 19.5 Å². The summed E-state index contributed by atoms with van der Waals surface area (Å²) in [6, 6.07) is 5.92. The number of hydrogen-bond donors (Lipinski definition) is 1. The Morgan fingerprint density at radius 1 is 1.35 bits per heavy atom. The number of rotatable bonds is 5. The van der Waals surface area contributed by atoms with Crippen LogP contribution in [0.1, 0.15) is 16.1 Å². The maximum Gasteiger partial charge on any atom is 0.341 e. The molecule has 0 aliphatic rings. The highest BCUT2D eigenvalue weighted by Gasteiger charge is 2.11. The molecule has 1 aromatic carbocycles. The molecule has 0 amide bonds. The molecule has 1 heterocycles. The first-order valence-corrected chi connectivity index (χ1v) is 5.87. The van der Waals surface area contributed by atoms with Crippen LogP contribution in [0.2, 0.25) is 0 Å². The van der Waals surface area contributed by atoms with Gasteiger partial charge in [-0.15, -0.1) is 0 Å². The average molecular weight is 279 g/mol. The zero-order chi connectivity index (χ0) is 14.5. The van der Waals surface area contributed by atoms with Crippen LogP contribution in [-0.4, -0.2) is 20.2 Å². The fourth-order valence-corrected chi connectivity index (χ4v) is 1.65. The summed E-state index contributed by atoms with van der Waals surface area (Å²) in [5.74, 6) is 0.161. The number of benzene rings is 1. The smallest absolute Gasteiger partial charge is 0.341 e. The van der Waals surface area contributed by atoms with E-state index in [1.807, 2.05) is 0 Å². The Morgan fingerprint density at radius 2 is 2.15 bits per heavy atom. The van der Waals surface area contributed by atoms with Crippen molar-refractivity contribution in [3.8, 4) is 5.75 Å². The van der Waals surface area contributed by atoms with E-state index in [1.165, 1.54) is 38.7 Å². The lowest BCUT2D eigenvalue weighted by atomic mass is 10.2. The normalized spacial score (nSPS) is 10.2. The monoisotopic (exact) mass is 279 g/mol. The topological polar surface area (TPSA) is 60.7 Å². The lowest BCUT2D eigenvalue weighted by Crippen LogP contribution is -2.02. The van der Waals surface area contributed by atoms with Gasteiger partial charge in [-0.3, -0.25) is 0 Å². The zero-order valence-electron chi connectivity index (χ0n) is 11.1. The Labute approximate surface area is 115 Å². The first-order valence-electron chi connectivity index (χ1n) is 5.87. The second kappa shape index (κ2) is 6.10. The second-order valence-electron chi connectivity index (χ2n) is 3.99. The molecule has 0 saturated carbocycles. The predicted molar refractivity (Wildman–Crippen MR) is 70.3 cm³/mol. The van der Waals surface area contributed by atoms with Crippen molar-refractivity contribution in [2.24, 2.45) is 0 Å². The van der Waals surface area contributed by atoms with Gasteiger partial charge in [0.15, 0.2) is 0 Å². The van der Waals surface area contributed by atoms with Crippen LogP contribution >= 0.6 is 0 Å². The number of hydrogen-bond acceptors (Lipinski definition) is 5. The Morgan fingerprint density at radius 3 is 2.85 bits per heavy atom. The quantitative estimate of drug-likeness (QED) is 0.853. The highest BCUT2D eigenvalue weighted by Crippen LogP contribution is 2.22. The van der Waals surface area contributed by atoms with E-state index in [2.05, 4.69) is 10.1 Å². The Hall–Kier alpha value is -2.50. The number of nitrogens with one attached hydrogen (secondary N) is 1. The fourth-order valence-electron chi connectivity index (χ4n) is 1.65. The molecule has 0 radical (unpaired) electrons. The molecule has 106 valence electrons. The Kier molecular flexibility index (Phi) is 4.24. The minimum Gasteiger partial charge on any atom is -0.497 e. The fraction of sp³-hybridized carbons (Fsp3) is 0.214. The van der Waals surface area contributed by atoms with Gasteiger partial charge >= 0.3 is 5.97 Å². The van der Waals surface area contributed by atoms with Crippen molar-refractivity contribution in [1.82, 2.24) is 0 Å². The molecular formula is C14H14FNO4. The van der Waals surface area contributed by atoms with E-state index in [0.717, 1.165) is 0 Å². The first kappa shape index (κ1) is 13.9. The predicted octanol–water partition coefficient (Wildman–Crippen LogP) is 2.83. The van der Waals surface area contributed by atoms with Gasteiger partial charge in [0.25, 0.3) is 0 Å². The van der Waals surface area contributed by atoms with Crippen molar-refractivity contribution in [3.05, 3.63) is 47.7 Å². The van der Waals surface area contributed by atoms with Crippen LogP contribution in [0.4, 0.5) is 10.1 Å². The molecule has 0 aliphatic carbocycles. The second-order valence-corrected chi connectivity index (χ2v) is 3.99. The summed E-state index contributed by atoms with van der Waals surface area (Å²) in [6.45, 7) is 0.237. The van der Waals surface area contributed by atoms with Crippen LogP contribution in [0.15, 0.2) is 34.9 Å². The molecule has 5 nitrogen and oxygen atoms in total. The van der Waals surface area contributed by atoms with Crippen LogP contribution < -0.4 is 10.1 Å². The first-order chi connectivity index (χ1) is 9.63. The molecule has 0 bridgehead atoms. The summed E-state index contributed by atoms with van der Waals surface area (Å²) in [4.78, 5) is 11.3. The van der Waals surface area contributed by atoms with Crippen LogP contribution in [-0.2, 0) is 11.3 Å². The van der Waals surface area contributed by atoms with E-state index >= 15 is 0 Å².